The second-order valence-electron chi connectivity index (χ2n) is 6.67. The van der Waals surface area contributed by atoms with Gasteiger partial charge in [-0.2, -0.15) is 0 Å². The molecule has 2 aromatic rings. The highest BCUT2D eigenvalue weighted by atomic mass is 16.6. The van der Waals surface area contributed by atoms with Gasteiger partial charge in [0.15, 0.2) is 6.10 Å². The van der Waals surface area contributed by atoms with Crippen LogP contribution in [0.5, 0.6) is 0 Å². The Bertz CT molecular complexity index is 744. The lowest BCUT2D eigenvalue weighted by Gasteiger charge is -2.39. The van der Waals surface area contributed by atoms with Gasteiger partial charge < -0.3 is 24.7 Å². The fourth-order valence-corrected chi connectivity index (χ4v) is 3.43. The SMILES string of the molecule is O=C(OC(c1ccccc1)c1ccccc1)N1CCN(C(=O)O)C(CCO)C1. The molecule has 2 amide bonds. The largest absolute Gasteiger partial charge is 0.465 e. The van der Waals surface area contributed by atoms with E-state index in [4.69, 9.17) is 4.74 Å². The number of amides is 2. The van der Waals surface area contributed by atoms with Gasteiger partial charge in [0.25, 0.3) is 0 Å². The minimum absolute atomic E-state index is 0.145. The first-order valence-corrected chi connectivity index (χ1v) is 9.26. The Labute approximate surface area is 163 Å². The monoisotopic (exact) mass is 384 g/mol. The number of carbonyl (C=O) groups is 2. The highest BCUT2D eigenvalue weighted by molar-refractivity contribution is 5.70. The van der Waals surface area contributed by atoms with Gasteiger partial charge in [0.2, 0.25) is 0 Å². The zero-order chi connectivity index (χ0) is 19.9. The van der Waals surface area contributed by atoms with E-state index in [9.17, 15) is 19.8 Å². The average molecular weight is 384 g/mol. The second-order valence-corrected chi connectivity index (χ2v) is 6.67. The molecule has 1 aliphatic heterocycles. The molecule has 0 spiro atoms. The van der Waals surface area contributed by atoms with Gasteiger partial charge in [-0.15, -0.1) is 0 Å². The van der Waals surface area contributed by atoms with E-state index in [2.05, 4.69) is 0 Å². The molecule has 1 atom stereocenters. The molecular formula is C21H24N2O5. The van der Waals surface area contributed by atoms with Crippen LogP contribution < -0.4 is 0 Å². The van der Waals surface area contributed by atoms with Gasteiger partial charge in [-0.1, -0.05) is 60.7 Å². The molecule has 0 bridgehead atoms. The van der Waals surface area contributed by atoms with Crippen molar-refractivity contribution in [3.05, 3.63) is 71.8 Å². The van der Waals surface area contributed by atoms with Crippen molar-refractivity contribution >= 4 is 12.2 Å². The van der Waals surface area contributed by atoms with Crippen molar-refractivity contribution in [1.82, 2.24) is 9.80 Å². The molecule has 0 radical (unpaired) electrons. The summed E-state index contributed by atoms with van der Waals surface area (Å²) in [5.74, 6) is 0. The maximum Gasteiger partial charge on any atom is 0.410 e. The van der Waals surface area contributed by atoms with Crippen LogP contribution in [-0.4, -0.2) is 64.5 Å². The first-order chi connectivity index (χ1) is 13.6. The third-order valence-electron chi connectivity index (χ3n) is 4.87. The van der Waals surface area contributed by atoms with Gasteiger partial charge in [0, 0.05) is 26.2 Å². The number of carboxylic acid groups (broad SMARTS) is 1. The molecule has 2 aromatic carbocycles. The lowest BCUT2D eigenvalue weighted by atomic mass is 10.0. The summed E-state index contributed by atoms with van der Waals surface area (Å²) < 4.78 is 5.84. The summed E-state index contributed by atoms with van der Waals surface area (Å²) in [6, 6.07) is 18.5. The number of hydrogen-bond donors (Lipinski definition) is 2. The number of aliphatic hydroxyl groups excluding tert-OH is 1. The van der Waals surface area contributed by atoms with Crippen molar-refractivity contribution in [3.63, 3.8) is 0 Å². The highest BCUT2D eigenvalue weighted by Gasteiger charge is 2.33. The minimum atomic E-state index is -1.04. The molecule has 1 heterocycles. The van der Waals surface area contributed by atoms with Crippen molar-refractivity contribution in [2.45, 2.75) is 18.6 Å². The topological polar surface area (TPSA) is 90.3 Å². The Kier molecular flexibility index (Phi) is 6.49. The fraction of sp³-hybridized carbons (Fsp3) is 0.333. The summed E-state index contributed by atoms with van der Waals surface area (Å²) >= 11 is 0. The number of nitrogens with zero attached hydrogens (tertiary/aromatic N) is 2. The standard InChI is InChI=1S/C21H24N2O5/c24-14-11-18-15-22(12-13-23(18)20(25)26)21(27)28-19(16-7-3-1-4-8-16)17-9-5-2-6-10-17/h1-10,18-19,24H,11-15H2,(H,25,26). The lowest BCUT2D eigenvalue weighted by Crippen LogP contribution is -2.56. The average Bonchev–Trinajstić information content (AvgIpc) is 2.73. The molecule has 0 aromatic heterocycles. The molecule has 3 rings (SSSR count). The van der Waals surface area contributed by atoms with E-state index < -0.39 is 24.3 Å². The van der Waals surface area contributed by atoms with Crippen LogP contribution in [0.3, 0.4) is 0 Å². The first kappa shape index (κ1) is 19.7. The predicted molar refractivity (Wildman–Crippen MR) is 103 cm³/mol. The van der Waals surface area contributed by atoms with Crippen molar-refractivity contribution in [2.75, 3.05) is 26.2 Å². The van der Waals surface area contributed by atoms with Gasteiger partial charge in [-0.05, 0) is 17.5 Å². The summed E-state index contributed by atoms with van der Waals surface area (Å²) in [7, 11) is 0. The van der Waals surface area contributed by atoms with Crippen molar-refractivity contribution in [1.29, 1.82) is 0 Å². The summed E-state index contributed by atoms with van der Waals surface area (Å²) in [4.78, 5) is 27.0. The second kappa shape index (κ2) is 9.23. The van der Waals surface area contributed by atoms with Crippen molar-refractivity contribution in [2.24, 2.45) is 0 Å². The van der Waals surface area contributed by atoms with Crippen LogP contribution in [0.15, 0.2) is 60.7 Å². The van der Waals surface area contributed by atoms with E-state index in [0.29, 0.717) is 0 Å². The van der Waals surface area contributed by atoms with Gasteiger partial charge >= 0.3 is 12.2 Å². The molecule has 0 aliphatic carbocycles. The van der Waals surface area contributed by atoms with Crippen LogP contribution in [0.25, 0.3) is 0 Å². The van der Waals surface area contributed by atoms with E-state index in [1.165, 1.54) is 9.80 Å². The molecule has 1 aliphatic rings. The molecule has 148 valence electrons. The van der Waals surface area contributed by atoms with E-state index in [1.54, 1.807) is 0 Å². The van der Waals surface area contributed by atoms with E-state index in [0.717, 1.165) is 11.1 Å². The van der Waals surface area contributed by atoms with Gasteiger partial charge in [0.05, 0.1) is 6.04 Å². The lowest BCUT2D eigenvalue weighted by molar-refractivity contribution is 0.0323. The van der Waals surface area contributed by atoms with Crippen LogP contribution in [0.4, 0.5) is 9.59 Å². The summed E-state index contributed by atoms with van der Waals surface area (Å²) in [5, 5.41) is 18.5. The Hall–Kier alpha value is -3.06. The van der Waals surface area contributed by atoms with Crippen molar-refractivity contribution in [3.8, 4) is 0 Å². The van der Waals surface area contributed by atoms with Crippen LogP contribution in [0, 0.1) is 0 Å². The number of rotatable bonds is 5. The molecule has 0 saturated carbocycles. The smallest absolute Gasteiger partial charge is 0.410 e. The molecule has 1 fully saturated rings. The third kappa shape index (κ3) is 4.61. The third-order valence-corrected chi connectivity index (χ3v) is 4.87. The van der Waals surface area contributed by atoms with Crippen LogP contribution >= 0.6 is 0 Å². The minimum Gasteiger partial charge on any atom is -0.465 e. The zero-order valence-corrected chi connectivity index (χ0v) is 15.5. The Morgan fingerprint density at radius 2 is 1.57 bits per heavy atom. The molecule has 1 saturated heterocycles. The van der Waals surface area contributed by atoms with Gasteiger partial charge in [-0.25, -0.2) is 9.59 Å². The van der Waals surface area contributed by atoms with E-state index in [1.807, 2.05) is 60.7 Å². The summed E-state index contributed by atoms with van der Waals surface area (Å²) in [6.45, 7) is 0.496. The number of piperazine rings is 1. The predicted octanol–water partition coefficient (Wildman–Crippen LogP) is 2.96. The quantitative estimate of drug-likeness (QED) is 0.827. The Balaban J connectivity index is 1.76. The first-order valence-electron chi connectivity index (χ1n) is 9.26. The number of ether oxygens (including phenoxy) is 1. The maximum atomic E-state index is 12.9. The maximum absolute atomic E-state index is 12.9. The zero-order valence-electron chi connectivity index (χ0n) is 15.5. The van der Waals surface area contributed by atoms with Crippen LogP contribution in [0.2, 0.25) is 0 Å². The molecule has 2 N–H and O–H groups in total. The van der Waals surface area contributed by atoms with Crippen molar-refractivity contribution < 1.29 is 24.5 Å². The van der Waals surface area contributed by atoms with E-state index >= 15 is 0 Å². The molecule has 28 heavy (non-hydrogen) atoms. The Morgan fingerprint density at radius 3 is 2.07 bits per heavy atom. The van der Waals surface area contributed by atoms with Crippen LogP contribution in [-0.2, 0) is 4.74 Å². The number of benzene rings is 2. The van der Waals surface area contributed by atoms with Crippen LogP contribution in [0.1, 0.15) is 23.7 Å². The molecule has 1 unspecified atom stereocenters. The fourth-order valence-electron chi connectivity index (χ4n) is 3.43. The Morgan fingerprint density at radius 1 is 1.00 bits per heavy atom. The number of hydrogen-bond acceptors (Lipinski definition) is 4. The normalized spacial score (nSPS) is 16.9. The molecule has 7 nitrogen and oxygen atoms in total. The summed E-state index contributed by atoms with van der Waals surface area (Å²) in [6.07, 6.45) is -1.82. The van der Waals surface area contributed by atoms with E-state index in [-0.39, 0.29) is 32.7 Å². The number of aliphatic hydroxyl groups is 1. The number of carbonyl (C=O) groups excluding carboxylic acids is 1. The van der Waals surface area contributed by atoms with Gasteiger partial charge in [-0.3, -0.25) is 0 Å². The molecule has 7 heteroatoms. The molecular weight excluding hydrogens is 360 g/mol. The highest BCUT2D eigenvalue weighted by Crippen LogP contribution is 2.27. The van der Waals surface area contributed by atoms with Gasteiger partial charge in [0.1, 0.15) is 0 Å². The summed E-state index contributed by atoms with van der Waals surface area (Å²) in [5.41, 5.74) is 1.72.